The van der Waals surface area contributed by atoms with Gasteiger partial charge in [0.15, 0.2) is 0 Å². The average Bonchev–Trinajstić information content (AvgIpc) is 2.30. The van der Waals surface area contributed by atoms with Crippen molar-refractivity contribution in [1.29, 1.82) is 0 Å². The molecule has 3 nitrogen and oxygen atoms in total. The van der Waals surface area contributed by atoms with Crippen LogP contribution in [0.1, 0.15) is 32.3 Å². The van der Waals surface area contributed by atoms with E-state index < -0.39 is 0 Å². The van der Waals surface area contributed by atoms with Crippen molar-refractivity contribution in [1.82, 2.24) is 10.6 Å². The van der Waals surface area contributed by atoms with Crippen LogP contribution in [0.4, 0.5) is 0 Å². The Morgan fingerprint density at radius 1 is 1.29 bits per heavy atom. The highest BCUT2D eigenvalue weighted by Gasteiger charge is 2.09. The molecule has 0 aliphatic rings. The SMILES string of the molecule is CCCCNC(Cc1ccccc1)NC(C)=O. The first-order valence-corrected chi connectivity index (χ1v) is 6.26. The molecule has 0 fully saturated rings. The second kappa shape index (κ2) is 7.85. The van der Waals surface area contributed by atoms with Crippen LogP contribution in [0, 0.1) is 0 Å². The first-order valence-electron chi connectivity index (χ1n) is 6.26. The van der Waals surface area contributed by atoms with E-state index in [0.29, 0.717) is 0 Å². The van der Waals surface area contributed by atoms with Gasteiger partial charge in [-0.3, -0.25) is 10.1 Å². The van der Waals surface area contributed by atoms with E-state index in [2.05, 4.69) is 29.7 Å². The third kappa shape index (κ3) is 6.07. The van der Waals surface area contributed by atoms with Crippen molar-refractivity contribution in [2.75, 3.05) is 6.54 Å². The van der Waals surface area contributed by atoms with Gasteiger partial charge in [0.25, 0.3) is 0 Å². The minimum atomic E-state index is 0.00919. The number of rotatable bonds is 7. The summed E-state index contributed by atoms with van der Waals surface area (Å²) >= 11 is 0. The molecule has 1 rings (SSSR count). The average molecular weight is 234 g/mol. The van der Waals surface area contributed by atoms with Gasteiger partial charge in [0.1, 0.15) is 0 Å². The van der Waals surface area contributed by atoms with Crippen LogP contribution in [-0.4, -0.2) is 18.6 Å². The summed E-state index contributed by atoms with van der Waals surface area (Å²) in [4.78, 5) is 11.1. The van der Waals surface area contributed by atoms with Crippen LogP contribution in [0.15, 0.2) is 30.3 Å². The third-order valence-corrected chi connectivity index (χ3v) is 2.58. The molecule has 1 aromatic rings. The highest BCUT2D eigenvalue weighted by atomic mass is 16.1. The molecule has 0 bridgehead atoms. The molecule has 0 radical (unpaired) electrons. The van der Waals surface area contributed by atoms with Gasteiger partial charge in [0.2, 0.25) is 5.91 Å². The summed E-state index contributed by atoms with van der Waals surface area (Å²) in [5, 5.41) is 6.31. The third-order valence-electron chi connectivity index (χ3n) is 2.58. The molecule has 0 saturated heterocycles. The van der Waals surface area contributed by atoms with E-state index in [0.717, 1.165) is 25.8 Å². The van der Waals surface area contributed by atoms with Crippen molar-refractivity contribution >= 4 is 5.91 Å². The van der Waals surface area contributed by atoms with Crippen LogP contribution in [0.5, 0.6) is 0 Å². The van der Waals surface area contributed by atoms with Crippen molar-refractivity contribution in [3.63, 3.8) is 0 Å². The monoisotopic (exact) mass is 234 g/mol. The van der Waals surface area contributed by atoms with Gasteiger partial charge in [0.05, 0.1) is 6.17 Å². The minimum absolute atomic E-state index is 0.00919. The van der Waals surface area contributed by atoms with Gasteiger partial charge in [-0.2, -0.15) is 0 Å². The van der Waals surface area contributed by atoms with E-state index in [-0.39, 0.29) is 12.1 Å². The molecule has 1 aromatic carbocycles. The molecule has 0 aliphatic carbocycles. The molecule has 1 unspecified atom stereocenters. The number of amides is 1. The van der Waals surface area contributed by atoms with Crippen LogP contribution >= 0.6 is 0 Å². The predicted molar refractivity (Wildman–Crippen MR) is 70.7 cm³/mol. The number of carbonyl (C=O) groups excluding carboxylic acids is 1. The molecule has 0 aromatic heterocycles. The van der Waals surface area contributed by atoms with Crippen molar-refractivity contribution < 1.29 is 4.79 Å². The Balaban J connectivity index is 2.48. The lowest BCUT2D eigenvalue weighted by molar-refractivity contribution is -0.119. The molecule has 94 valence electrons. The lowest BCUT2D eigenvalue weighted by atomic mass is 10.1. The van der Waals surface area contributed by atoms with Gasteiger partial charge in [-0.25, -0.2) is 0 Å². The van der Waals surface area contributed by atoms with Gasteiger partial charge in [-0.1, -0.05) is 43.7 Å². The van der Waals surface area contributed by atoms with Gasteiger partial charge >= 0.3 is 0 Å². The van der Waals surface area contributed by atoms with Crippen LogP contribution in [0.25, 0.3) is 0 Å². The molecule has 1 amide bonds. The van der Waals surface area contributed by atoms with E-state index in [1.807, 2.05) is 18.2 Å². The quantitative estimate of drug-likeness (QED) is 0.560. The topological polar surface area (TPSA) is 41.1 Å². The van der Waals surface area contributed by atoms with Crippen molar-refractivity contribution in [2.45, 2.75) is 39.3 Å². The van der Waals surface area contributed by atoms with E-state index >= 15 is 0 Å². The predicted octanol–water partition coefficient (Wildman–Crippen LogP) is 2.08. The highest BCUT2D eigenvalue weighted by Crippen LogP contribution is 2.02. The van der Waals surface area contributed by atoms with Crippen LogP contribution in [0.2, 0.25) is 0 Å². The lowest BCUT2D eigenvalue weighted by Crippen LogP contribution is -2.46. The van der Waals surface area contributed by atoms with Crippen LogP contribution < -0.4 is 10.6 Å². The second-order valence-electron chi connectivity index (χ2n) is 4.25. The first-order chi connectivity index (χ1) is 8.22. The normalized spacial score (nSPS) is 12.1. The Labute approximate surface area is 104 Å². The number of unbranched alkanes of at least 4 members (excludes halogenated alkanes) is 1. The summed E-state index contributed by atoms with van der Waals surface area (Å²) in [5.74, 6) is 0.00919. The molecule has 3 heteroatoms. The standard InChI is InChI=1S/C14H22N2O/c1-3-4-10-15-14(16-12(2)17)11-13-8-6-5-7-9-13/h5-9,14-15H,3-4,10-11H2,1-2H3,(H,16,17). The summed E-state index contributed by atoms with van der Waals surface area (Å²) in [6.45, 7) is 4.65. The van der Waals surface area contributed by atoms with Gasteiger partial charge in [0, 0.05) is 13.3 Å². The number of nitrogens with one attached hydrogen (secondary N) is 2. The maximum atomic E-state index is 11.1. The molecular formula is C14H22N2O. The first kappa shape index (κ1) is 13.7. The van der Waals surface area contributed by atoms with E-state index in [1.165, 1.54) is 5.56 Å². The fraction of sp³-hybridized carbons (Fsp3) is 0.500. The zero-order chi connectivity index (χ0) is 12.5. The van der Waals surface area contributed by atoms with E-state index in [9.17, 15) is 4.79 Å². The number of benzene rings is 1. The van der Waals surface area contributed by atoms with Crippen LogP contribution in [-0.2, 0) is 11.2 Å². The molecule has 0 aliphatic heterocycles. The Bertz CT molecular complexity index is 324. The molecule has 2 N–H and O–H groups in total. The van der Waals surface area contributed by atoms with Crippen LogP contribution in [0.3, 0.4) is 0 Å². The maximum Gasteiger partial charge on any atom is 0.218 e. The van der Waals surface area contributed by atoms with E-state index in [1.54, 1.807) is 6.92 Å². The lowest BCUT2D eigenvalue weighted by Gasteiger charge is -2.19. The fourth-order valence-electron chi connectivity index (χ4n) is 1.72. The summed E-state index contributed by atoms with van der Waals surface area (Å²) in [7, 11) is 0. The summed E-state index contributed by atoms with van der Waals surface area (Å²) < 4.78 is 0. The Morgan fingerprint density at radius 2 is 2.00 bits per heavy atom. The molecule has 1 atom stereocenters. The molecule has 17 heavy (non-hydrogen) atoms. The second-order valence-corrected chi connectivity index (χ2v) is 4.25. The summed E-state index contributed by atoms with van der Waals surface area (Å²) in [5.41, 5.74) is 1.23. The molecule has 0 spiro atoms. The summed E-state index contributed by atoms with van der Waals surface area (Å²) in [6, 6.07) is 10.2. The fourth-order valence-corrected chi connectivity index (χ4v) is 1.72. The Morgan fingerprint density at radius 3 is 2.59 bits per heavy atom. The Hall–Kier alpha value is -1.35. The Kier molecular flexibility index (Phi) is 6.33. The van der Waals surface area contributed by atoms with Gasteiger partial charge < -0.3 is 5.32 Å². The number of hydrogen-bond acceptors (Lipinski definition) is 2. The zero-order valence-electron chi connectivity index (χ0n) is 10.7. The van der Waals surface area contributed by atoms with Crippen molar-refractivity contribution in [3.05, 3.63) is 35.9 Å². The highest BCUT2D eigenvalue weighted by molar-refractivity contribution is 5.73. The molecule has 0 heterocycles. The maximum absolute atomic E-state index is 11.1. The molecular weight excluding hydrogens is 212 g/mol. The zero-order valence-corrected chi connectivity index (χ0v) is 10.7. The van der Waals surface area contributed by atoms with Crippen molar-refractivity contribution in [3.8, 4) is 0 Å². The number of carbonyl (C=O) groups is 1. The smallest absolute Gasteiger partial charge is 0.218 e. The van der Waals surface area contributed by atoms with Gasteiger partial charge in [-0.15, -0.1) is 0 Å². The number of hydrogen-bond donors (Lipinski definition) is 2. The van der Waals surface area contributed by atoms with Gasteiger partial charge in [-0.05, 0) is 18.5 Å². The minimum Gasteiger partial charge on any atom is -0.341 e. The summed E-state index contributed by atoms with van der Waals surface area (Å²) in [6.07, 6.45) is 3.14. The van der Waals surface area contributed by atoms with Crippen molar-refractivity contribution in [2.24, 2.45) is 0 Å². The van der Waals surface area contributed by atoms with E-state index in [4.69, 9.17) is 0 Å². The molecule has 0 saturated carbocycles. The largest absolute Gasteiger partial charge is 0.341 e.